The fourth-order valence-corrected chi connectivity index (χ4v) is 3.72. The SMILES string of the molecule is CC(=O)N(CC(F)F)c1ccc(-c2ccc(C(=O)Nc3ccn4cccc4c3)cn2)cc1Cl. The second-order valence-electron chi connectivity index (χ2n) is 7.33. The van der Waals surface area contributed by atoms with Crippen molar-refractivity contribution in [3.8, 4) is 11.3 Å². The number of pyridine rings is 2. The molecule has 0 aliphatic rings. The minimum Gasteiger partial charge on any atom is -0.324 e. The highest BCUT2D eigenvalue weighted by Gasteiger charge is 2.20. The highest BCUT2D eigenvalue weighted by molar-refractivity contribution is 6.34. The second-order valence-corrected chi connectivity index (χ2v) is 7.74. The molecule has 33 heavy (non-hydrogen) atoms. The van der Waals surface area contributed by atoms with Crippen molar-refractivity contribution in [2.24, 2.45) is 0 Å². The number of rotatable bonds is 6. The van der Waals surface area contributed by atoms with Gasteiger partial charge in [-0.2, -0.15) is 0 Å². The molecule has 0 saturated heterocycles. The van der Waals surface area contributed by atoms with Crippen molar-refractivity contribution < 1.29 is 18.4 Å². The zero-order valence-corrected chi connectivity index (χ0v) is 18.3. The molecule has 0 bridgehead atoms. The molecule has 1 N–H and O–H groups in total. The summed E-state index contributed by atoms with van der Waals surface area (Å²) in [4.78, 5) is 29.6. The molecule has 6 nitrogen and oxygen atoms in total. The topological polar surface area (TPSA) is 66.7 Å². The summed E-state index contributed by atoms with van der Waals surface area (Å²) in [5, 5.41) is 2.99. The number of aromatic nitrogens is 2. The maximum absolute atomic E-state index is 12.8. The molecule has 9 heteroatoms. The van der Waals surface area contributed by atoms with Gasteiger partial charge in [0.25, 0.3) is 12.3 Å². The van der Waals surface area contributed by atoms with Crippen LogP contribution in [0.15, 0.2) is 73.2 Å². The number of nitrogens with one attached hydrogen (secondary N) is 1. The Kier molecular flexibility index (Phi) is 6.37. The lowest BCUT2D eigenvalue weighted by atomic mass is 10.1. The van der Waals surface area contributed by atoms with E-state index in [1.165, 1.54) is 19.2 Å². The van der Waals surface area contributed by atoms with Crippen LogP contribution in [0.25, 0.3) is 16.8 Å². The first kappa shape index (κ1) is 22.4. The zero-order chi connectivity index (χ0) is 23.5. The normalized spacial score (nSPS) is 11.1. The van der Waals surface area contributed by atoms with Gasteiger partial charge in [0, 0.05) is 42.3 Å². The van der Waals surface area contributed by atoms with Crippen molar-refractivity contribution in [1.29, 1.82) is 0 Å². The molecule has 4 rings (SSSR count). The number of fused-ring (bicyclic) bond motifs is 1. The standard InChI is InChI=1S/C24H19ClF2N4O2/c1-15(32)31(14-23(26)27)22-7-5-16(11-20(22)25)21-6-4-17(13-28-21)24(33)29-18-8-10-30-9-2-3-19(30)12-18/h2-13,23H,14H2,1H3,(H,29,33). The fourth-order valence-electron chi connectivity index (χ4n) is 3.43. The minimum atomic E-state index is -2.68. The summed E-state index contributed by atoms with van der Waals surface area (Å²) in [6.45, 7) is 0.461. The molecule has 0 saturated carbocycles. The van der Waals surface area contributed by atoms with Crippen LogP contribution in [0.1, 0.15) is 17.3 Å². The first-order chi connectivity index (χ1) is 15.8. The lowest BCUT2D eigenvalue weighted by Gasteiger charge is -2.22. The Hall–Kier alpha value is -3.78. The van der Waals surface area contributed by atoms with Gasteiger partial charge in [-0.1, -0.05) is 17.7 Å². The van der Waals surface area contributed by atoms with Crippen molar-refractivity contribution in [3.63, 3.8) is 0 Å². The van der Waals surface area contributed by atoms with E-state index in [1.54, 1.807) is 30.3 Å². The van der Waals surface area contributed by atoms with Gasteiger partial charge in [-0.25, -0.2) is 8.78 Å². The van der Waals surface area contributed by atoms with E-state index in [4.69, 9.17) is 11.6 Å². The molecule has 0 unspecified atom stereocenters. The second kappa shape index (κ2) is 9.38. The third kappa shape index (κ3) is 5.01. The number of anilines is 2. The first-order valence-electron chi connectivity index (χ1n) is 10.0. The molecule has 0 radical (unpaired) electrons. The maximum Gasteiger partial charge on any atom is 0.257 e. The molecule has 0 aliphatic carbocycles. The molecule has 0 fully saturated rings. The van der Waals surface area contributed by atoms with Gasteiger partial charge in [-0.3, -0.25) is 14.6 Å². The lowest BCUT2D eigenvalue weighted by molar-refractivity contribution is -0.117. The fraction of sp³-hybridized carbons (Fsp3) is 0.125. The summed E-state index contributed by atoms with van der Waals surface area (Å²) >= 11 is 6.27. The number of nitrogens with zero attached hydrogens (tertiary/aromatic N) is 3. The summed E-state index contributed by atoms with van der Waals surface area (Å²) in [6.07, 6.45) is 2.53. The van der Waals surface area contributed by atoms with Crippen LogP contribution in [-0.4, -0.2) is 34.2 Å². The van der Waals surface area contributed by atoms with Crippen LogP contribution in [0.3, 0.4) is 0 Å². The van der Waals surface area contributed by atoms with Crippen LogP contribution < -0.4 is 10.2 Å². The Morgan fingerprint density at radius 3 is 2.61 bits per heavy atom. The maximum atomic E-state index is 12.8. The van der Waals surface area contributed by atoms with Gasteiger partial charge in [-0.15, -0.1) is 0 Å². The minimum absolute atomic E-state index is 0.146. The van der Waals surface area contributed by atoms with Gasteiger partial charge < -0.3 is 14.6 Å². The molecule has 3 aromatic heterocycles. The summed E-state index contributed by atoms with van der Waals surface area (Å²) in [5.74, 6) is -0.836. The predicted octanol–water partition coefficient (Wildman–Crippen LogP) is 5.53. The number of amides is 2. The summed E-state index contributed by atoms with van der Waals surface area (Å²) in [6, 6.07) is 15.5. The molecule has 4 aromatic rings. The van der Waals surface area contributed by atoms with Crippen molar-refractivity contribution in [2.75, 3.05) is 16.8 Å². The molecule has 168 valence electrons. The van der Waals surface area contributed by atoms with Crippen molar-refractivity contribution >= 4 is 40.3 Å². The molecule has 0 aliphatic heterocycles. The van der Waals surface area contributed by atoms with Gasteiger partial charge in [0.15, 0.2) is 0 Å². The largest absolute Gasteiger partial charge is 0.324 e. The van der Waals surface area contributed by atoms with E-state index in [2.05, 4.69) is 10.3 Å². The molecule has 1 aromatic carbocycles. The van der Waals surface area contributed by atoms with E-state index in [0.29, 0.717) is 22.5 Å². The van der Waals surface area contributed by atoms with E-state index in [1.807, 2.05) is 35.0 Å². The van der Waals surface area contributed by atoms with Crippen molar-refractivity contribution in [1.82, 2.24) is 9.38 Å². The Bertz CT molecular complexity index is 1320. The third-order valence-corrected chi connectivity index (χ3v) is 5.35. The van der Waals surface area contributed by atoms with Crippen molar-refractivity contribution in [2.45, 2.75) is 13.3 Å². The summed E-state index contributed by atoms with van der Waals surface area (Å²) in [5.41, 5.74) is 3.35. The van der Waals surface area contributed by atoms with Crippen LogP contribution in [-0.2, 0) is 4.79 Å². The van der Waals surface area contributed by atoms with Gasteiger partial charge >= 0.3 is 0 Å². The third-order valence-electron chi connectivity index (χ3n) is 5.05. The van der Waals surface area contributed by atoms with Gasteiger partial charge in [0.05, 0.1) is 28.5 Å². The Morgan fingerprint density at radius 1 is 1.12 bits per heavy atom. The number of alkyl halides is 2. The monoisotopic (exact) mass is 468 g/mol. The van der Waals surface area contributed by atoms with Crippen LogP contribution >= 0.6 is 11.6 Å². The number of carbonyl (C=O) groups excluding carboxylic acids is 2. The smallest absolute Gasteiger partial charge is 0.257 e. The van der Waals surface area contributed by atoms with Gasteiger partial charge in [0.2, 0.25) is 5.91 Å². The quantitative estimate of drug-likeness (QED) is 0.405. The molecule has 3 heterocycles. The predicted molar refractivity (Wildman–Crippen MR) is 124 cm³/mol. The number of hydrogen-bond donors (Lipinski definition) is 1. The Balaban J connectivity index is 1.50. The summed E-state index contributed by atoms with van der Waals surface area (Å²) < 4.78 is 27.6. The molecular weight excluding hydrogens is 450 g/mol. The van der Waals surface area contributed by atoms with E-state index in [9.17, 15) is 18.4 Å². The van der Waals surface area contributed by atoms with E-state index in [-0.39, 0.29) is 16.6 Å². The van der Waals surface area contributed by atoms with E-state index < -0.39 is 18.9 Å². The lowest BCUT2D eigenvalue weighted by Crippen LogP contribution is -2.33. The van der Waals surface area contributed by atoms with E-state index in [0.717, 1.165) is 10.4 Å². The highest BCUT2D eigenvalue weighted by Crippen LogP contribution is 2.31. The van der Waals surface area contributed by atoms with Crippen LogP contribution in [0.2, 0.25) is 5.02 Å². The van der Waals surface area contributed by atoms with Crippen LogP contribution in [0.4, 0.5) is 20.2 Å². The molecular formula is C24H19ClF2N4O2. The number of carbonyl (C=O) groups is 2. The van der Waals surface area contributed by atoms with Crippen LogP contribution in [0.5, 0.6) is 0 Å². The van der Waals surface area contributed by atoms with Crippen molar-refractivity contribution in [3.05, 3.63) is 83.8 Å². The number of hydrogen-bond acceptors (Lipinski definition) is 3. The zero-order valence-electron chi connectivity index (χ0n) is 17.5. The Labute approximate surface area is 193 Å². The van der Waals surface area contributed by atoms with E-state index >= 15 is 0 Å². The molecule has 0 spiro atoms. The number of benzene rings is 1. The average Bonchev–Trinajstić information content (AvgIpc) is 3.25. The first-order valence-corrected chi connectivity index (χ1v) is 10.4. The Morgan fingerprint density at radius 2 is 1.94 bits per heavy atom. The van der Waals surface area contributed by atoms with Gasteiger partial charge in [0.1, 0.15) is 0 Å². The summed E-state index contributed by atoms with van der Waals surface area (Å²) in [7, 11) is 0. The average molecular weight is 469 g/mol. The van der Waals surface area contributed by atoms with Crippen LogP contribution in [0, 0.1) is 0 Å². The molecule has 2 amide bonds. The highest BCUT2D eigenvalue weighted by atomic mass is 35.5. The number of halogens is 3. The molecule has 0 atom stereocenters. The van der Waals surface area contributed by atoms with Gasteiger partial charge in [-0.05, 0) is 48.5 Å².